The summed E-state index contributed by atoms with van der Waals surface area (Å²) in [6.45, 7) is 15.1. The maximum Gasteiger partial charge on any atom is 0.261 e. The Labute approximate surface area is 312 Å². The van der Waals surface area contributed by atoms with E-state index in [2.05, 4.69) is 158 Å². The van der Waals surface area contributed by atoms with Gasteiger partial charge in [-0.3, -0.25) is 0 Å². The highest BCUT2D eigenvalue weighted by molar-refractivity contribution is 7.00. The van der Waals surface area contributed by atoms with Crippen LogP contribution >= 0.6 is 0 Å². The Morgan fingerprint density at radius 3 is 1.21 bits per heavy atom. The molecule has 0 unspecified atom stereocenters. The first-order chi connectivity index (χ1) is 24.8. The molecular formula is C45H54O5Si2. The minimum absolute atomic E-state index is 0.325. The summed E-state index contributed by atoms with van der Waals surface area (Å²) in [5.74, 6) is 0. The number of hydrogen-bond donors (Lipinski definition) is 2. The molecule has 0 bridgehead atoms. The van der Waals surface area contributed by atoms with Crippen molar-refractivity contribution in [3.63, 3.8) is 0 Å². The second kappa shape index (κ2) is 15.4. The topological polar surface area (TPSA) is 68.2 Å². The van der Waals surface area contributed by atoms with Crippen molar-refractivity contribution in [1.82, 2.24) is 0 Å². The summed E-state index contributed by atoms with van der Waals surface area (Å²) in [5.41, 5.74) is 2.01. The van der Waals surface area contributed by atoms with Gasteiger partial charge < -0.3 is 23.8 Å². The quantitative estimate of drug-likeness (QED) is 0.157. The molecular weight excluding hydrogens is 677 g/mol. The Morgan fingerprint density at radius 1 is 0.538 bits per heavy atom. The van der Waals surface area contributed by atoms with E-state index in [1.54, 1.807) is 0 Å². The molecule has 6 rings (SSSR count). The number of benzene rings is 5. The van der Waals surface area contributed by atoms with E-state index in [-0.39, 0.29) is 16.7 Å². The van der Waals surface area contributed by atoms with Gasteiger partial charge in [-0.05, 0) is 43.3 Å². The van der Waals surface area contributed by atoms with Crippen LogP contribution in [0.25, 0.3) is 0 Å². The van der Waals surface area contributed by atoms with E-state index < -0.39 is 47.2 Å². The predicted octanol–water partition coefficient (Wildman–Crippen LogP) is 6.68. The first-order valence-corrected chi connectivity index (χ1v) is 22.2. The van der Waals surface area contributed by atoms with Crippen LogP contribution in [0.15, 0.2) is 146 Å². The average Bonchev–Trinajstić information content (AvgIpc) is 3.14. The van der Waals surface area contributed by atoms with E-state index in [0.29, 0.717) is 0 Å². The van der Waals surface area contributed by atoms with E-state index in [1.807, 2.05) is 36.4 Å². The first kappa shape index (κ1) is 38.1. The van der Waals surface area contributed by atoms with Gasteiger partial charge in [0.15, 0.2) is 0 Å². The fourth-order valence-corrected chi connectivity index (χ4v) is 17.6. The van der Waals surface area contributed by atoms with Gasteiger partial charge in [0, 0.05) is 0 Å². The van der Waals surface area contributed by atoms with Crippen LogP contribution in [0.5, 0.6) is 0 Å². The van der Waals surface area contributed by atoms with Crippen LogP contribution < -0.4 is 20.7 Å². The van der Waals surface area contributed by atoms with Gasteiger partial charge in [0.25, 0.3) is 16.6 Å². The van der Waals surface area contributed by atoms with Crippen molar-refractivity contribution in [3.8, 4) is 0 Å². The van der Waals surface area contributed by atoms with Gasteiger partial charge >= 0.3 is 0 Å². The Hall–Kier alpha value is -3.67. The number of rotatable bonds is 10. The van der Waals surface area contributed by atoms with Crippen LogP contribution in [0.3, 0.4) is 0 Å². The lowest BCUT2D eigenvalue weighted by atomic mass is 9.91. The van der Waals surface area contributed by atoms with E-state index in [9.17, 15) is 10.2 Å². The zero-order valence-electron chi connectivity index (χ0n) is 31.6. The summed E-state index contributed by atoms with van der Waals surface area (Å²) in [5, 5.41) is 27.8. The summed E-state index contributed by atoms with van der Waals surface area (Å²) >= 11 is 0. The molecule has 1 fully saturated rings. The van der Waals surface area contributed by atoms with E-state index in [1.165, 1.54) is 0 Å². The second-order valence-electron chi connectivity index (χ2n) is 16.2. The number of aliphatic hydroxyl groups excluding tert-OH is 2. The molecule has 2 N–H and O–H groups in total. The van der Waals surface area contributed by atoms with Crippen LogP contribution in [0, 0.1) is 6.92 Å². The largest absolute Gasteiger partial charge is 0.399 e. The SMILES string of the molecule is Cc1ccc([C@@H]2O[C@H](CO)[C@@H](O[Si](c3ccccc3)(c3ccccc3)C(C)(C)C)[C@H](O)[C@H]2O[Si](c2ccccc2)(c2ccccc2)C(C)(C)C)cc1. The molecule has 0 saturated carbocycles. The van der Waals surface area contributed by atoms with Crippen LogP contribution in [0.4, 0.5) is 0 Å². The predicted molar refractivity (Wildman–Crippen MR) is 217 cm³/mol. The summed E-state index contributed by atoms with van der Waals surface area (Å²) in [6.07, 6.45) is -4.38. The Kier molecular flexibility index (Phi) is 11.2. The maximum atomic E-state index is 13.1. The van der Waals surface area contributed by atoms with Crippen LogP contribution in [-0.4, -0.2) is 57.9 Å². The zero-order chi connectivity index (χ0) is 37.1. The van der Waals surface area contributed by atoms with Gasteiger partial charge in [-0.2, -0.15) is 0 Å². The lowest BCUT2D eigenvalue weighted by Gasteiger charge is -2.53. The third-order valence-corrected chi connectivity index (χ3v) is 20.8. The van der Waals surface area contributed by atoms with Gasteiger partial charge in [-0.15, -0.1) is 0 Å². The molecule has 272 valence electrons. The average molecular weight is 731 g/mol. The maximum absolute atomic E-state index is 13.1. The molecule has 1 saturated heterocycles. The van der Waals surface area contributed by atoms with Gasteiger partial charge in [0.05, 0.1) is 6.61 Å². The summed E-state index contributed by atoms with van der Waals surface area (Å²) in [4.78, 5) is 0. The minimum atomic E-state index is -3.20. The molecule has 52 heavy (non-hydrogen) atoms. The molecule has 5 aromatic rings. The highest BCUT2D eigenvalue weighted by Crippen LogP contribution is 2.45. The van der Waals surface area contributed by atoms with Crippen molar-refractivity contribution in [1.29, 1.82) is 0 Å². The molecule has 5 nitrogen and oxygen atoms in total. The molecule has 0 spiro atoms. The molecule has 0 radical (unpaired) electrons. The minimum Gasteiger partial charge on any atom is -0.399 e. The van der Waals surface area contributed by atoms with Gasteiger partial charge in [-0.25, -0.2) is 0 Å². The van der Waals surface area contributed by atoms with Crippen LogP contribution in [0.1, 0.15) is 58.8 Å². The molecule has 5 atom stereocenters. The smallest absolute Gasteiger partial charge is 0.261 e. The van der Waals surface area contributed by atoms with E-state index in [4.69, 9.17) is 13.6 Å². The molecule has 5 aromatic carbocycles. The lowest BCUT2D eigenvalue weighted by molar-refractivity contribution is -0.222. The molecule has 1 aliphatic heterocycles. The monoisotopic (exact) mass is 730 g/mol. The molecule has 7 heteroatoms. The Bertz CT molecular complexity index is 1780. The number of ether oxygens (including phenoxy) is 1. The lowest BCUT2D eigenvalue weighted by Crippen LogP contribution is -2.73. The molecule has 0 aliphatic carbocycles. The van der Waals surface area contributed by atoms with Crippen LogP contribution in [-0.2, 0) is 13.6 Å². The number of aryl methyl sites for hydroxylation is 1. The summed E-state index contributed by atoms with van der Waals surface area (Å²) in [6, 6.07) is 50.0. The second-order valence-corrected chi connectivity index (χ2v) is 24.7. The Morgan fingerprint density at radius 2 is 0.885 bits per heavy atom. The standard InChI is InChI=1S/C45H54O5Si2/c1-33-28-30-34(31-29-33)41-43(50-52(45(5,6)7,37-24-16-10-17-25-37)38-26-18-11-19-27-38)40(47)42(39(32-46)48-41)49-51(44(2,3)4,35-20-12-8-13-21-35)36-22-14-9-15-23-36/h8-31,39-43,46-47H,32H2,1-7H3/t39-,40+,41+,42-,43-/m1/s1. The van der Waals surface area contributed by atoms with Crippen molar-refractivity contribution in [2.75, 3.05) is 6.61 Å². The zero-order valence-corrected chi connectivity index (χ0v) is 33.6. The molecule has 0 amide bonds. The molecule has 1 heterocycles. The summed E-state index contributed by atoms with van der Waals surface area (Å²) < 4.78 is 22.4. The number of hydrogen-bond acceptors (Lipinski definition) is 5. The van der Waals surface area contributed by atoms with Crippen molar-refractivity contribution in [2.24, 2.45) is 0 Å². The third kappa shape index (κ3) is 7.04. The highest BCUT2D eigenvalue weighted by atomic mass is 28.4. The van der Waals surface area contributed by atoms with Crippen molar-refractivity contribution in [2.45, 2.75) is 89.1 Å². The fourth-order valence-electron chi connectivity index (χ4n) is 8.17. The third-order valence-electron chi connectivity index (χ3n) is 10.7. The Balaban J connectivity index is 1.57. The summed E-state index contributed by atoms with van der Waals surface area (Å²) in [7, 11) is -6.39. The highest BCUT2D eigenvalue weighted by Gasteiger charge is 2.59. The van der Waals surface area contributed by atoms with Crippen molar-refractivity contribution >= 4 is 37.4 Å². The first-order valence-electron chi connectivity index (χ1n) is 18.4. The van der Waals surface area contributed by atoms with Gasteiger partial charge in [0.1, 0.15) is 30.5 Å². The normalized spacial score (nSPS) is 21.5. The molecule has 0 aromatic heterocycles. The van der Waals surface area contributed by atoms with E-state index in [0.717, 1.165) is 31.9 Å². The van der Waals surface area contributed by atoms with E-state index >= 15 is 0 Å². The fraction of sp³-hybridized carbons (Fsp3) is 0.333. The van der Waals surface area contributed by atoms with Crippen molar-refractivity contribution in [3.05, 3.63) is 157 Å². The number of aliphatic hydroxyl groups is 2. The van der Waals surface area contributed by atoms with Gasteiger partial charge in [0.2, 0.25) is 0 Å². The van der Waals surface area contributed by atoms with Crippen molar-refractivity contribution < 1.29 is 23.8 Å². The van der Waals surface area contributed by atoms with Gasteiger partial charge in [-0.1, -0.05) is 193 Å². The van der Waals surface area contributed by atoms with Crippen LogP contribution in [0.2, 0.25) is 10.1 Å². The molecule has 1 aliphatic rings.